The number of alkyl halides is 3. The van der Waals surface area contributed by atoms with E-state index in [2.05, 4.69) is 34.5 Å². The molecule has 348 valence electrons. The Kier molecular flexibility index (Phi) is 14.2. The Morgan fingerprint density at radius 3 is 1.42 bits per heavy atom. The molecule has 0 saturated heterocycles. The van der Waals surface area contributed by atoms with E-state index in [0.29, 0.717) is 11.4 Å². The summed E-state index contributed by atoms with van der Waals surface area (Å²) in [7, 11) is 0. The highest BCUT2D eigenvalue weighted by Gasteiger charge is 2.48. The second-order valence-electron chi connectivity index (χ2n) is 17.3. The maximum absolute atomic E-state index is 13.6. The Bertz CT molecular complexity index is 2740. The first-order chi connectivity index (χ1) is 32.0. The molecule has 2 amide bonds. The van der Waals surface area contributed by atoms with E-state index in [9.17, 15) is 42.3 Å². The molecule has 0 fully saturated rings. The van der Waals surface area contributed by atoms with Crippen LogP contribution < -0.4 is 15.6 Å². The van der Waals surface area contributed by atoms with Crippen molar-refractivity contribution < 1.29 is 37.4 Å². The summed E-state index contributed by atoms with van der Waals surface area (Å²) in [6, 6.07) is 35.0. The number of aromatic nitrogens is 4. The van der Waals surface area contributed by atoms with Crippen LogP contribution in [0, 0.1) is 5.92 Å². The number of carbonyl (C=O) groups is 3. The zero-order valence-electron chi connectivity index (χ0n) is 37.6. The van der Waals surface area contributed by atoms with Crippen LogP contribution >= 0.6 is 0 Å². The Balaban J connectivity index is 0.000000200. The van der Waals surface area contributed by atoms with E-state index in [0.717, 1.165) is 41.6 Å². The number of carbonyl (C=O) groups excluding carboxylic acids is 3. The van der Waals surface area contributed by atoms with Gasteiger partial charge in [-0.15, -0.1) is 0 Å². The molecular formula is C51H51F3N6O7. The standard InChI is InChI=1S/C28H31N3O4.C23H20F3N3O3/c1-18(2)15-24(33)35-27-23(32)16-29-31-22(17-30(19(3)4)28(34)26(27)31)25(20-11-7-5-8-12-20)21-13-9-6-10-14-21;1-14(23(24,25)26)28-13-17(29-20(22(28)32)21(31)18(30)12-27-29)19(15-8-4-2-5-9-15)16-10-6-3-7-11-16/h5-14,16,18-19,22,25H,15,17H2,1-4H3;2-12,14,17,19,31H,13H2,1H3. The monoisotopic (exact) mass is 916 g/mol. The molecule has 0 saturated carbocycles. The molecule has 13 nitrogen and oxygen atoms in total. The molecule has 6 aromatic rings. The number of amides is 2. The van der Waals surface area contributed by atoms with Gasteiger partial charge in [0.25, 0.3) is 11.8 Å². The molecule has 2 aliphatic rings. The van der Waals surface area contributed by atoms with Crippen LogP contribution in [0.25, 0.3) is 0 Å². The fraction of sp³-hybridized carbons (Fsp3) is 0.314. The number of halogens is 3. The van der Waals surface area contributed by atoms with E-state index in [1.807, 2.05) is 125 Å². The Morgan fingerprint density at radius 1 is 0.627 bits per heavy atom. The molecule has 2 aromatic heterocycles. The van der Waals surface area contributed by atoms with Crippen LogP contribution in [-0.2, 0) is 4.79 Å². The molecule has 0 aliphatic carbocycles. The Labute approximate surface area is 385 Å². The van der Waals surface area contributed by atoms with Gasteiger partial charge in [0.05, 0.1) is 24.5 Å². The summed E-state index contributed by atoms with van der Waals surface area (Å²) >= 11 is 0. The smallest absolute Gasteiger partial charge is 0.408 e. The van der Waals surface area contributed by atoms with Crippen LogP contribution in [0.2, 0.25) is 0 Å². The van der Waals surface area contributed by atoms with Crippen molar-refractivity contribution in [3.8, 4) is 11.5 Å². The molecule has 4 heterocycles. The van der Waals surface area contributed by atoms with Crippen LogP contribution in [-0.4, -0.2) is 83.6 Å². The topological polar surface area (TPSA) is 157 Å². The van der Waals surface area contributed by atoms with Crippen LogP contribution in [0.15, 0.2) is 143 Å². The molecule has 8 rings (SSSR count). The number of aromatic hydroxyl groups is 1. The van der Waals surface area contributed by atoms with E-state index in [1.165, 1.54) is 4.68 Å². The second-order valence-corrected chi connectivity index (χ2v) is 17.3. The number of rotatable bonds is 11. The molecule has 4 aromatic carbocycles. The summed E-state index contributed by atoms with van der Waals surface area (Å²) in [4.78, 5) is 66.3. The summed E-state index contributed by atoms with van der Waals surface area (Å²) in [5.74, 6) is -3.75. The van der Waals surface area contributed by atoms with Crippen molar-refractivity contribution in [2.45, 2.75) is 83.2 Å². The maximum atomic E-state index is 13.6. The van der Waals surface area contributed by atoms with Gasteiger partial charge in [0.1, 0.15) is 6.04 Å². The van der Waals surface area contributed by atoms with Gasteiger partial charge >= 0.3 is 12.1 Å². The molecule has 67 heavy (non-hydrogen) atoms. The maximum Gasteiger partial charge on any atom is 0.408 e. The number of hydrogen-bond acceptors (Lipinski definition) is 9. The average molecular weight is 917 g/mol. The highest BCUT2D eigenvalue weighted by Crippen LogP contribution is 2.42. The number of benzene rings is 4. The second kappa shape index (κ2) is 20.0. The fourth-order valence-corrected chi connectivity index (χ4v) is 8.76. The highest BCUT2D eigenvalue weighted by molar-refractivity contribution is 5.97. The minimum atomic E-state index is -4.69. The van der Waals surface area contributed by atoms with Crippen LogP contribution in [0.1, 0.15) is 108 Å². The van der Waals surface area contributed by atoms with E-state index in [-0.39, 0.29) is 54.2 Å². The van der Waals surface area contributed by atoms with E-state index in [4.69, 9.17) is 4.74 Å². The molecule has 2 aliphatic heterocycles. The number of ether oxygens (including phenoxy) is 1. The SMILES string of the molecule is CC(C)CC(=O)Oc1c2n(ncc1=O)C(C(c1ccccc1)c1ccccc1)CN(C(C)C)C2=O.CC(N1CC(C(c2ccccc2)c2ccccc2)n2ncc(=O)c(O)c2C1=O)C(F)(F)F. The average Bonchev–Trinajstić information content (AvgIpc) is 3.30. The van der Waals surface area contributed by atoms with E-state index >= 15 is 0 Å². The number of esters is 1. The lowest BCUT2D eigenvalue weighted by atomic mass is 9.83. The molecular weight excluding hydrogens is 866 g/mol. The zero-order chi connectivity index (χ0) is 48.2. The predicted octanol–water partition coefficient (Wildman–Crippen LogP) is 8.16. The summed E-state index contributed by atoms with van der Waals surface area (Å²) in [6.07, 6.45) is -2.53. The van der Waals surface area contributed by atoms with Crippen molar-refractivity contribution in [2.24, 2.45) is 5.92 Å². The van der Waals surface area contributed by atoms with Crippen molar-refractivity contribution >= 4 is 17.8 Å². The van der Waals surface area contributed by atoms with Gasteiger partial charge in [0, 0.05) is 37.4 Å². The van der Waals surface area contributed by atoms with Crippen LogP contribution in [0.5, 0.6) is 11.5 Å². The first kappa shape index (κ1) is 47.6. The number of hydrogen-bond donors (Lipinski definition) is 1. The minimum Gasteiger partial charge on any atom is -0.502 e. The Hall–Kier alpha value is -7.36. The van der Waals surface area contributed by atoms with Gasteiger partial charge in [-0.2, -0.15) is 23.4 Å². The van der Waals surface area contributed by atoms with Gasteiger partial charge in [-0.1, -0.05) is 135 Å². The minimum absolute atomic E-state index is 0.0245. The lowest BCUT2D eigenvalue weighted by Gasteiger charge is -2.41. The van der Waals surface area contributed by atoms with Gasteiger partial charge in [-0.3, -0.25) is 33.3 Å². The third kappa shape index (κ3) is 10.1. The lowest BCUT2D eigenvalue weighted by molar-refractivity contribution is -0.174. The highest BCUT2D eigenvalue weighted by atomic mass is 19.4. The van der Waals surface area contributed by atoms with Crippen molar-refractivity contribution in [1.82, 2.24) is 29.4 Å². The van der Waals surface area contributed by atoms with Crippen molar-refractivity contribution in [2.75, 3.05) is 13.1 Å². The molecule has 0 radical (unpaired) electrons. The summed E-state index contributed by atoms with van der Waals surface area (Å²) in [5, 5.41) is 18.8. The van der Waals surface area contributed by atoms with Crippen LogP contribution in [0.3, 0.4) is 0 Å². The third-order valence-corrected chi connectivity index (χ3v) is 12.0. The normalized spacial score (nSPS) is 16.4. The van der Waals surface area contributed by atoms with E-state index in [1.54, 1.807) is 9.58 Å². The molecule has 0 spiro atoms. The van der Waals surface area contributed by atoms with Crippen molar-refractivity contribution in [3.05, 3.63) is 188 Å². The zero-order valence-corrected chi connectivity index (χ0v) is 37.6. The first-order valence-corrected chi connectivity index (χ1v) is 22.0. The van der Waals surface area contributed by atoms with Gasteiger partial charge < -0.3 is 19.6 Å². The third-order valence-electron chi connectivity index (χ3n) is 12.0. The van der Waals surface area contributed by atoms with Gasteiger partial charge in [-0.25, -0.2) is 0 Å². The first-order valence-electron chi connectivity index (χ1n) is 22.0. The van der Waals surface area contributed by atoms with E-state index < -0.39 is 58.4 Å². The number of nitrogens with zero attached hydrogens (tertiary/aromatic N) is 6. The molecule has 3 unspecified atom stereocenters. The Morgan fingerprint density at radius 2 is 1.01 bits per heavy atom. The fourth-order valence-electron chi connectivity index (χ4n) is 8.76. The largest absolute Gasteiger partial charge is 0.502 e. The van der Waals surface area contributed by atoms with Crippen LogP contribution in [0.4, 0.5) is 13.2 Å². The quantitative estimate of drug-likeness (QED) is 0.127. The summed E-state index contributed by atoms with van der Waals surface area (Å²) in [5.41, 5.74) is 1.69. The number of fused-ring (bicyclic) bond motifs is 2. The lowest BCUT2D eigenvalue weighted by Crippen LogP contribution is -2.54. The van der Waals surface area contributed by atoms with Gasteiger partial charge in [0.2, 0.25) is 16.6 Å². The summed E-state index contributed by atoms with van der Waals surface area (Å²) in [6.45, 7) is 8.62. The van der Waals surface area contributed by atoms with Gasteiger partial charge in [0.15, 0.2) is 17.1 Å². The van der Waals surface area contributed by atoms with Crippen molar-refractivity contribution in [3.63, 3.8) is 0 Å². The van der Waals surface area contributed by atoms with Crippen molar-refractivity contribution in [1.29, 1.82) is 0 Å². The molecule has 16 heteroatoms. The van der Waals surface area contributed by atoms with Gasteiger partial charge in [-0.05, 0) is 48.9 Å². The molecule has 0 bridgehead atoms. The molecule has 1 N–H and O–H groups in total. The summed E-state index contributed by atoms with van der Waals surface area (Å²) < 4.78 is 49.1. The molecule has 3 atom stereocenters. The predicted molar refractivity (Wildman–Crippen MR) is 244 cm³/mol.